The average molecular weight is 511 g/mol. The van der Waals surface area contributed by atoms with E-state index in [0.29, 0.717) is 17.0 Å². The lowest BCUT2D eigenvalue weighted by Gasteiger charge is -2.27. The van der Waals surface area contributed by atoms with Gasteiger partial charge in [0.25, 0.3) is 11.7 Å². The largest absolute Gasteiger partial charge is 0.507 e. The Morgan fingerprint density at radius 2 is 1.63 bits per heavy atom. The number of ether oxygens (including phenoxy) is 1. The smallest absolute Gasteiger partial charge is 0.300 e. The quantitative estimate of drug-likeness (QED) is 0.238. The number of nitrogens with zero attached hydrogens (tertiary/aromatic N) is 2. The number of methoxy groups -OCH3 is 1. The lowest BCUT2D eigenvalue weighted by atomic mass is 9.88. The molecule has 1 unspecified atom stereocenters. The molecule has 6 nitrogen and oxygen atoms in total. The van der Waals surface area contributed by atoms with E-state index in [-0.39, 0.29) is 11.3 Å². The number of carbonyl (C=O) groups is 2. The molecule has 0 spiro atoms. The van der Waals surface area contributed by atoms with Crippen LogP contribution in [-0.2, 0) is 22.4 Å². The first-order valence-corrected chi connectivity index (χ1v) is 13.4. The molecule has 2 aliphatic rings. The second-order valence-electron chi connectivity index (χ2n) is 9.80. The molecule has 6 heteroatoms. The highest BCUT2D eigenvalue weighted by Gasteiger charge is 2.47. The number of para-hydroxylation sites is 2. The van der Waals surface area contributed by atoms with Gasteiger partial charge in [-0.2, -0.15) is 0 Å². The van der Waals surface area contributed by atoms with Crippen molar-refractivity contribution < 1.29 is 19.4 Å². The van der Waals surface area contributed by atoms with Gasteiger partial charge in [0, 0.05) is 24.3 Å². The van der Waals surface area contributed by atoms with Gasteiger partial charge in [0.1, 0.15) is 11.5 Å². The van der Waals surface area contributed by atoms with Crippen LogP contribution in [0.2, 0.25) is 0 Å². The zero-order valence-electron chi connectivity index (χ0n) is 22.2. The summed E-state index contributed by atoms with van der Waals surface area (Å²) in [5, 5.41) is 11.6. The van der Waals surface area contributed by atoms with Crippen LogP contribution in [0.15, 0.2) is 72.3 Å². The molecule has 0 radical (unpaired) electrons. The lowest BCUT2D eigenvalue weighted by Crippen LogP contribution is -2.30. The van der Waals surface area contributed by atoms with E-state index in [4.69, 9.17) is 4.74 Å². The van der Waals surface area contributed by atoms with E-state index in [1.807, 2.05) is 48.5 Å². The van der Waals surface area contributed by atoms with Crippen LogP contribution >= 0.6 is 0 Å². The molecule has 0 bridgehead atoms. The summed E-state index contributed by atoms with van der Waals surface area (Å²) in [5.41, 5.74) is 5.42. The number of aliphatic hydroxyl groups excluding tert-OH is 1. The monoisotopic (exact) mass is 510 g/mol. The van der Waals surface area contributed by atoms with Crippen LogP contribution in [0.3, 0.4) is 0 Å². The highest BCUT2D eigenvalue weighted by molar-refractivity contribution is 6.52. The van der Waals surface area contributed by atoms with Crippen LogP contribution in [0.1, 0.15) is 55.0 Å². The topological polar surface area (TPSA) is 70.1 Å². The van der Waals surface area contributed by atoms with Gasteiger partial charge in [0.2, 0.25) is 0 Å². The number of amides is 1. The molecule has 0 saturated carbocycles. The fourth-order valence-electron chi connectivity index (χ4n) is 5.72. The van der Waals surface area contributed by atoms with E-state index >= 15 is 0 Å². The number of aryl methyl sites for hydroxylation is 2. The highest BCUT2D eigenvalue weighted by atomic mass is 16.5. The van der Waals surface area contributed by atoms with Crippen LogP contribution in [0.5, 0.6) is 5.75 Å². The summed E-state index contributed by atoms with van der Waals surface area (Å²) in [6, 6.07) is 20.1. The molecule has 1 atom stereocenters. The van der Waals surface area contributed by atoms with Gasteiger partial charge >= 0.3 is 0 Å². The number of anilines is 2. The third-order valence-electron chi connectivity index (χ3n) is 7.75. The fourth-order valence-corrected chi connectivity index (χ4v) is 5.72. The number of ketones is 1. The summed E-state index contributed by atoms with van der Waals surface area (Å²) in [6.45, 7) is 5.95. The minimum atomic E-state index is -0.798. The predicted octanol–water partition coefficient (Wildman–Crippen LogP) is 6.05. The first-order valence-electron chi connectivity index (χ1n) is 13.4. The molecule has 0 aromatic heterocycles. The van der Waals surface area contributed by atoms with Crippen LogP contribution in [0, 0.1) is 0 Å². The Kier molecular flexibility index (Phi) is 7.23. The Morgan fingerprint density at radius 3 is 2.32 bits per heavy atom. The maximum Gasteiger partial charge on any atom is 0.300 e. The molecule has 1 saturated heterocycles. The summed E-state index contributed by atoms with van der Waals surface area (Å²) in [5.74, 6) is -1.06. The van der Waals surface area contributed by atoms with E-state index in [9.17, 15) is 14.7 Å². The van der Waals surface area contributed by atoms with Crippen molar-refractivity contribution in [3.8, 4) is 5.75 Å². The van der Waals surface area contributed by atoms with Crippen molar-refractivity contribution in [1.29, 1.82) is 0 Å². The number of benzene rings is 3. The summed E-state index contributed by atoms with van der Waals surface area (Å²) in [4.78, 5) is 30.8. The Hall–Kier alpha value is -4.06. The molecule has 1 aliphatic heterocycles. The maximum absolute atomic E-state index is 13.6. The number of carbonyl (C=O) groups excluding carboxylic acids is 2. The van der Waals surface area contributed by atoms with Crippen molar-refractivity contribution in [2.45, 2.75) is 45.6 Å². The molecule has 1 fully saturated rings. The zero-order chi connectivity index (χ0) is 26.8. The van der Waals surface area contributed by atoms with Crippen molar-refractivity contribution in [3.05, 3.63) is 94.6 Å². The van der Waals surface area contributed by atoms with Crippen LogP contribution in [-0.4, -0.2) is 37.0 Å². The first kappa shape index (κ1) is 25.6. The molecule has 1 aliphatic carbocycles. The molecule has 196 valence electrons. The minimum Gasteiger partial charge on any atom is -0.507 e. The van der Waals surface area contributed by atoms with Gasteiger partial charge in [0.15, 0.2) is 0 Å². The zero-order valence-corrected chi connectivity index (χ0v) is 22.2. The van der Waals surface area contributed by atoms with Crippen molar-refractivity contribution in [1.82, 2.24) is 0 Å². The van der Waals surface area contributed by atoms with Gasteiger partial charge in [-0.15, -0.1) is 0 Å². The van der Waals surface area contributed by atoms with E-state index in [0.717, 1.165) is 50.0 Å². The summed E-state index contributed by atoms with van der Waals surface area (Å²) in [7, 11) is 1.54. The SMILES string of the molecule is CCN(CC)c1ccc(C2/C(=C(/O)c3ccc4c(c3)CCCC4)C(=O)C(=O)N2c2ccccc2OC)cc1. The molecule has 5 rings (SSSR count). The summed E-state index contributed by atoms with van der Waals surface area (Å²) < 4.78 is 5.56. The van der Waals surface area contributed by atoms with E-state index in [1.54, 1.807) is 18.2 Å². The molecule has 1 N–H and O–H groups in total. The van der Waals surface area contributed by atoms with Crippen molar-refractivity contribution in [2.24, 2.45) is 0 Å². The summed E-state index contributed by atoms with van der Waals surface area (Å²) in [6.07, 6.45) is 4.23. The molecule has 3 aromatic carbocycles. The van der Waals surface area contributed by atoms with Gasteiger partial charge < -0.3 is 14.7 Å². The number of Topliss-reactive ketones (excluding diaryl/α,β-unsaturated/α-hetero) is 1. The van der Waals surface area contributed by atoms with Crippen LogP contribution < -0.4 is 14.5 Å². The van der Waals surface area contributed by atoms with Crippen molar-refractivity contribution in [3.63, 3.8) is 0 Å². The predicted molar refractivity (Wildman–Crippen MR) is 151 cm³/mol. The Balaban J connectivity index is 1.68. The minimum absolute atomic E-state index is 0.0901. The van der Waals surface area contributed by atoms with Gasteiger partial charge in [-0.1, -0.05) is 36.4 Å². The molecule has 1 amide bonds. The molecule has 3 aromatic rings. The third-order valence-corrected chi connectivity index (χ3v) is 7.75. The number of hydrogen-bond acceptors (Lipinski definition) is 5. The normalized spacial score (nSPS) is 18.4. The summed E-state index contributed by atoms with van der Waals surface area (Å²) >= 11 is 0. The number of aliphatic hydroxyl groups is 1. The van der Waals surface area contributed by atoms with Crippen LogP contribution in [0.25, 0.3) is 5.76 Å². The molecule has 38 heavy (non-hydrogen) atoms. The van der Waals surface area contributed by atoms with Gasteiger partial charge in [-0.3, -0.25) is 14.5 Å². The van der Waals surface area contributed by atoms with Gasteiger partial charge in [-0.05, 0) is 86.6 Å². The second-order valence-corrected chi connectivity index (χ2v) is 9.80. The maximum atomic E-state index is 13.6. The van der Waals surface area contributed by atoms with Crippen molar-refractivity contribution >= 4 is 28.8 Å². The van der Waals surface area contributed by atoms with E-state index in [2.05, 4.69) is 18.7 Å². The fraction of sp³-hybridized carbons (Fsp3) is 0.312. The standard InChI is InChI=1S/C32H34N2O4/c1-4-33(5-2)25-18-16-22(17-19-25)29-28(30(35)24-15-14-21-10-6-7-11-23(21)20-24)31(36)32(37)34(29)26-12-8-9-13-27(26)38-3/h8-9,12-20,29,35H,4-7,10-11H2,1-3H3/b30-28-. The first-order chi connectivity index (χ1) is 18.5. The second kappa shape index (κ2) is 10.7. The van der Waals surface area contributed by atoms with E-state index in [1.165, 1.54) is 23.1 Å². The third kappa shape index (κ3) is 4.44. The van der Waals surface area contributed by atoms with Gasteiger partial charge in [0.05, 0.1) is 24.4 Å². The van der Waals surface area contributed by atoms with Crippen LogP contribution in [0.4, 0.5) is 11.4 Å². The molecular formula is C32H34N2O4. The Morgan fingerprint density at radius 1 is 0.947 bits per heavy atom. The Bertz CT molecular complexity index is 1390. The van der Waals surface area contributed by atoms with Gasteiger partial charge in [-0.25, -0.2) is 0 Å². The molecule has 1 heterocycles. The average Bonchev–Trinajstić information content (AvgIpc) is 3.23. The highest BCUT2D eigenvalue weighted by Crippen LogP contribution is 2.45. The molecular weight excluding hydrogens is 476 g/mol. The van der Waals surface area contributed by atoms with E-state index < -0.39 is 17.7 Å². The lowest BCUT2D eigenvalue weighted by molar-refractivity contribution is -0.132. The van der Waals surface area contributed by atoms with Crippen molar-refractivity contribution in [2.75, 3.05) is 30.0 Å². The number of hydrogen-bond donors (Lipinski definition) is 1. The number of fused-ring (bicyclic) bond motifs is 1. The number of rotatable bonds is 7. The Labute approximate surface area is 224 Å².